The summed E-state index contributed by atoms with van der Waals surface area (Å²) < 4.78 is 0. The lowest BCUT2D eigenvalue weighted by atomic mass is 10.2. The van der Waals surface area contributed by atoms with Gasteiger partial charge in [0.15, 0.2) is 0 Å². The van der Waals surface area contributed by atoms with E-state index >= 15 is 0 Å². The van der Waals surface area contributed by atoms with E-state index in [0.717, 1.165) is 5.69 Å². The molecular formula is C12H18N2O2. The third kappa shape index (κ3) is 3.24. The number of nitrogens with one attached hydrogen (secondary N) is 1. The summed E-state index contributed by atoms with van der Waals surface area (Å²) in [5.74, 6) is -0.399. The molecule has 0 atom stereocenters. The van der Waals surface area contributed by atoms with Gasteiger partial charge in [-0.1, -0.05) is 6.07 Å². The average Bonchev–Trinajstić information content (AvgIpc) is 2.28. The number of aliphatic hydroxyl groups excluding tert-OH is 1. The van der Waals surface area contributed by atoms with Gasteiger partial charge in [0, 0.05) is 24.5 Å². The number of rotatable bonds is 4. The van der Waals surface area contributed by atoms with Crippen LogP contribution >= 0.6 is 0 Å². The molecule has 88 valence electrons. The number of amides is 1. The summed E-state index contributed by atoms with van der Waals surface area (Å²) >= 11 is 0. The third-order valence-electron chi connectivity index (χ3n) is 2.46. The van der Waals surface area contributed by atoms with Crippen LogP contribution in [0.5, 0.6) is 0 Å². The minimum atomic E-state index is -0.496. The molecule has 1 aromatic carbocycles. The predicted octanol–water partition coefficient (Wildman–Crippen LogP) is 1.46. The highest BCUT2D eigenvalue weighted by Crippen LogP contribution is 2.19. The predicted molar refractivity (Wildman–Crippen MR) is 65.7 cm³/mol. The first-order valence-corrected chi connectivity index (χ1v) is 5.28. The second kappa shape index (κ2) is 5.51. The quantitative estimate of drug-likeness (QED) is 0.811. The number of hydrogen-bond donors (Lipinski definition) is 2. The molecule has 0 aliphatic carbocycles. The van der Waals surface area contributed by atoms with E-state index in [1.54, 1.807) is 6.07 Å². The van der Waals surface area contributed by atoms with Crippen molar-refractivity contribution in [2.75, 3.05) is 23.9 Å². The first-order valence-electron chi connectivity index (χ1n) is 5.28. The van der Waals surface area contributed by atoms with Crippen molar-refractivity contribution in [2.45, 2.75) is 19.9 Å². The largest absolute Gasteiger partial charge is 0.387 e. The van der Waals surface area contributed by atoms with Crippen LogP contribution < -0.4 is 10.2 Å². The van der Waals surface area contributed by atoms with Gasteiger partial charge in [0.25, 0.3) is 0 Å². The van der Waals surface area contributed by atoms with Gasteiger partial charge in [-0.15, -0.1) is 0 Å². The van der Waals surface area contributed by atoms with Crippen LogP contribution in [0.3, 0.4) is 0 Å². The molecule has 1 amide bonds. The standard InChI is InChI=1S/C12H18N2O2/c1-9(2)14(3)11-6-4-5-10(7-11)13-12(16)8-15/h4-7,9,15H,8H2,1-3H3,(H,13,16). The van der Waals surface area contributed by atoms with Crippen LogP contribution in [-0.4, -0.2) is 30.7 Å². The zero-order valence-electron chi connectivity index (χ0n) is 9.90. The topological polar surface area (TPSA) is 52.6 Å². The second-order valence-corrected chi connectivity index (χ2v) is 3.96. The van der Waals surface area contributed by atoms with Crippen molar-refractivity contribution in [3.05, 3.63) is 24.3 Å². The Morgan fingerprint density at radius 3 is 2.75 bits per heavy atom. The van der Waals surface area contributed by atoms with Crippen LogP contribution in [0.25, 0.3) is 0 Å². The Morgan fingerprint density at radius 1 is 1.50 bits per heavy atom. The van der Waals surface area contributed by atoms with E-state index in [4.69, 9.17) is 5.11 Å². The maximum atomic E-state index is 11.0. The van der Waals surface area contributed by atoms with Crippen molar-refractivity contribution in [2.24, 2.45) is 0 Å². The molecule has 0 heterocycles. The summed E-state index contributed by atoms with van der Waals surface area (Å²) in [6.07, 6.45) is 0. The van der Waals surface area contributed by atoms with Crippen molar-refractivity contribution in [3.8, 4) is 0 Å². The monoisotopic (exact) mass is 222 g/mol. The van der Waals surface area contributed by atoms with E-state index in [2.05, 4.69) is 24.1 Å². The highest BCUT2D eigenvalue weighted by atomic mass is 16.3. The molecule has 0 unspecified atom stereocenters. The minimum Gasteiger partial charge on any atom is -0.387 e. The van der Waals surface area contributed by atoms with Crippen LogP contribution in [0.4, 0.5) is 11.4 Å². The fourth-order valence-electron chi connectivity index (χ4n) is 1.30. The summed E-state index contributed by atoms with van der Waals surface area (Å²) in [5, 5.41) is 11.3. The summed E-state index contributed by atoms with van der Waals surface area (Å²) in [6, 6.07) is 7.93. The summed E-state index contributed by atoms with van der Waals surface area (Å²) in [4.78, 5) is 13.1. The van der Waals surface area contributed by atoms with Gasteiger partial charge in [0.05, 0.1) is 0 Å². The Morgan fingerprint density at radius 2 is 2.19 bits per heavy atom. The molecule has 0 saturated heterocycles. The Labute approximate surface area is 95.9 Å². The van der Waals surface area contributed by atoms with Crippen LogP contribution in [0, 0.1) is 0 Å². The summed E-state index contributed by atoms with van der Waals surface area (Å²) in [7, 11) is 2.00. The van der Waals surface area contributed by atoms with Crippen molar-refractivity contribution < 1.29 is 9.90 Å². The van der Waals surface area contributed by atoms with E-state index in [1.807, 2.05) is 25.2 Å². The van der Waals surface area contributed by atoms with Crippen LogP contribution in [0.2, 0.25) is 0 Å². The first kappa shape index (κ1) is 12.5. The molecule has 0 saturated carbocycles. The van der Waals surface area contributed by atoms with Crippen LogP contribution in [0.15, 0.2) is 24.3 Å². The maximum Gasteiger partial charge on any atom is 0.250 e. The Hall–Kier alpha value is -1.55. The number of nitrogens with zero attached hydrogens (tertiary/aromatic N) is 1. The van der Waals surface area contributed by atoms with E-state index < -0.39 is 12.5 Å². The molecule has 4 nitrogen and oxygen atoms in total. The molecule has 2 N–H and O–H groups in total. The number of anilines is 2. The minimum absolute atomic E-state index is 0.392. The van der Waals surface area contributed by atoms with Crippen LogP contribution in [-0.2, 0) is 4.79 Å². The van der Waals surface area contributed by atoms with E-state index in [9.17, 15) is 4.79 Å². The highest BCUT2D eigenvalue weighted by Gasteiger charge is 2.06. The zero-order chi connectivity index (χ0) is 12.1. The first-order chi connectivity index (χ1) is 7.54. The van der Waals surface area contributed by atoms with E-state index in [-0.39, 0.29) is 0 Å². The second-order valence-electron chi connectivity index (χ2n) is 3.96. The van der Waals surface area contributed by atoms with Gasteiger partial charge < -0.3 is 15.3 Å². The molecule has 0 radical (unpaired) electrons. The number of carbonyl (C=O) groups is 1. The Balaban J connectivity index is 2.82. The molecular weight excluding hydrogens is 204 g/mol. The lowest BCUT2D eigenvalue weighted by molar-refractivity contribution is -0.118. The van der Waals surface area contributed by atoms with Crippen molar-refractivity contribution in [1.29, 1.82) is 0 Å². The number of carbonyl (C=O) groups excluding carboxylic acids is 1. The summed E-state index contributed by atoms with van der Waals surface area (Å²) in [5.41, 5.74) is 1.73. The number of aliphatic hydroxyl groups is 1. The smallest absolute Gasteiger partial charge is 0.250 e. The highest BCUT2D eigenvalue weighted by molar-refractivity contribution is 5.92. The van der Waals surface area contributed by atoms with Gasteiger partial charge in [0.2, 0.25) is 5.91 Å². The van der Waals surface area contributed by atoms with Crippen LogP contribution in [0.1, 0.15) is 13.8 Å². The van der Waals surface area contributed by atoms with Crippen molar-refractivity contribution in [1.82, 2.24) is 0 Å². The van der Waals surface area contributed by atoms with E-state index in [1.165, 1.54) is 0 Å². The SMILES string of the molecule is CC(C)N(C)c1cccc(NC(=O)CO)c1. The fraction of sp³-hybridized carbons (Fsp3) is 0.417. The molecule has 0 spiro atoms. The van der Waals surface area contributed by atoms with Gasteiger partial charge in [0.1, 0.15) is 6.61 Å². The van der Waals surface area contributed by atoms with Gasteiger partial charge in [-0.3, -0.25) is 4.79 Å². The zero-order valence-corrected chi connectivity index (χ0v) is 9.90. The molecule has 0 fully saturated rings. The lowest BCUT2D eigenvalue weighted by Crippen LogP contribution is -2.25. The maximum absolute atomic E-state index is 11.0. The van der Waals surface area contributed by atoms with Crippen molar-refractivity contribution in [3.63, 3.8) is 0 Å². The molecule has 1 rings (SSSR count). The molecule has 0 aliphatic heterocycles. The van der Waals surface area contributed by atoms with Gasteiger partial charge in [-0.2, -0.15) is 0 Å². The third-order valence-corrected chi connectivity index (χ3v) is 2.46. The lowest BCUT2D eigenvalue weighted by Gasteiger charge is -2.24. The number of benzene rings is 1. The van der Waals surface area contributed by atoms with Gasteiger partial charge in [-0.05, 0) is 32.0 Å². The fourth-order valence-corrected chi connectivity index (χ4v) is 1.30. The molecule has 1 aromatic rings. The molecule has 16 heavy (non-hydrogen) atoms. The van der Waals surface area contributed by atoms with Gasteiger partial charge >= 0.3 is 0 Å². The normalized spacial score (nSPS) is 10.3. The molecule has 4 heteroatoms. The Kier molecular flexibility index (Phi) is 4.31. The van der Waals surface area contributed by atoms with Crippen molar-refractivity contribution >= 4 is 17.3 Å². The Bertz CT molecular complexity index is 364. The molecule has 0 bridgehead atoms. The number of hydrogen-bond acceptors (Lipinski definition) is 3. The van der Waals surface area contributed by atoms with Gasteiger partial charge in [-0.25, -0.2) is 0 Å². The molecule has 0 aliphatic rings. The summed E-state index contributed by atoms with van der Waals surface area (Å²) in [6.45, 7) is 3.70. The van der Waals surface area contributed by atoms with E-state index in [0.29, 0.717) is 11.7 Å². The average molecular weight is 222 g/mol. The molecule has 0 aromatic heterocycles.